The van der Waals surface area contributed by atoms with Gasteiger partial charge in [0.05, 0.1) is 0 Å². The molecule has 1 heteroatoms. The first-order valence-electron chi connectivity index (χ1n) is 3.77. The van der Waals surface area contributed by atoms with Gasteiger partial charge in [0.1, 0.15) is 0 Å². The van der Waals surface area contributed by atoms with Crippen LogP contribution in [0.3, 0.4) is 0 Å². The summed E-state index contributed by atoms with van der Waals surface area (Å²) in [4.78, 5) is 3.24. The SMILES string of the molecule is C=C/C=c1/[nH]c(CC)cc1=C. The highest BCUT2D eigenvalue weighted by atomic mass is 14.7. The first-order valence-corrected chi connectivity index (χ1v) is 3.77. The molecule has 0 aromatic carbocycles. The van der Waals surface area contributed by atoms with E-state index in [9.17, 15) is 0 Å². The van der Waals surface area contributed by atoms with Gasteiger partial charge in [-0.05, 0) is 23.8 Å². The van der Waals surface area contributed by atoms with Gasteiger partial charge in [0, 0.05) is 11.0 Å². The van der Waals surface area contributed by atoms with Gasteiger partial charge in [-0.1, -0.05) is 26.2 Å². The van der Waals surface area contributed by atoms with E-state index >= 15 is 0 Å². The van der Waals surface area contributed by atoms with Gasteiger partial charge in [-0.3, -0.25) is 0 Å². The predicted octanol–water partition coefficient (Wildman–Crippen LogP) is 0.954. The van der Waals surface area contributed by atoms with Crippen LogP contribution in [0.5, 0.6) is 0 Å². The third-order valence-electron chi connectivity index (χ3n) is 1.66. The number of H-pyrrole nitrogens is 1. The van der Waals surface area contributed by atoms with E-state index in [1.54, 1.807) is 6.08 Å². The largest absolute Gasteiger partial charge is 0.358 e. The fourth-order valence-corrected chi connectivity index (χ4v) is 1.03. The summed E-state index contributed by atoms with van der Waals surface area (Å²) in [7, 11) is 0. The zero-order valence-electron chi connectivity index (χ0n) is 6.85. The minimum Gasteiger partial charge on any atom is -0.358 e. The van der Waals surface area contributed by atoms with E-state index in [1.165, 1.54) is 5.69 Å². The molecule has 58 valence electrons. The maximum Gasteiger partial charge on any atom is 0.0449 e. The molecule has 0 saturated heterocycles. The average molecular weight is 147 g/mol. The van der Waals surface area contributed by atoms with E-state index in [-0.39, 0.29) is 0 Å². The van der Waals surface area contributed by atoms with Crippen molar-refractivity contribution in [2.45, 2.75) is 13.3 Å². The first kappa shape index (κ1) is 7.86. The summed E-state index contributed by atoms with van der Waals surface area (Å²) in [6, 6.07) is 2.06. The van der Waals surface area contributed by atoms with Crippen LogP contribution in [0.1, 0.15) is 12.6 Å². The van der Waals surface area contributed by atoms with Gasteiger partial charge in [0.2, 0.25) is 0 Å². The maximum atomic E-state index is 3.90. The first-order chi connectivity index (χ1) is 5.27. The van der Waals surface area contributed by atoms with E-state index in [0.717, 1.165) is 17.0 Å². The zero-order valence-corrected chi connectivity index (χ0v) is 6.85. The molecule has 0 amide bonds. The molecular weight excluding hydrogens is 134 g/mol. The highest BCUT2D eigenvalue weighted by Gasteiger charge is 1.89. The Morgan fingerprint density at radius 2 is 2.36 bits per heavy atom. The lowest BCUT2D eigenvalue weighted by Gasteiger charge is -1.83. The van der Waals surface area contributed by atoms with Crippen LogP contribution >= 0.6 is 0 Å². The Bertz CT molecular complexity index is 343. The van der Waals surface area contributed by atoms with E-state index < -0.39 is 0 Å². The number of rotatable bonds is 2. The number of aryl methyl sites for hydroxylation is 1. The van der Waals surface area contributed by atoms with Crippen molar-refractivity contribution in [2.75, 3.05) is 0 Å². The third kappa shape index (κ3) is 1.61. The van der Waals surface area contributed by atoms with Gasteiger partial charge in [0.15, 0.2) is 0 Å². The Morgan fingerprint density at radius 1 is 1.64 bits per heavy atom. The second kappa shape index (κ2) is 3.24. The summed E-state index contributed by atoms with van der Waals surface area (Å²) >= 11 is 0. The number of aromatic amines is 1. The van der Waals surface area contributed by atoms with Gasteiger partial charge >= 0.3 is 0 Å². The fourth-order valence-electron chi connectivity index (χ4n) is 1.03. The number of aromatic nitrogens is 1. The van der Waals surface area contributed by atoms with Crippen LogP contribution in [0.15, 0.2) is 18.7 Å². The van der Waals surface area contributed by atoms with Crippen LogP contribution in [0, 0.1) is 0 Å². The highest BCUT2D eigenvalue weighted by molar-refractivity contribution is 5.34. The molecule has 0 aliphatic rings. The molecule has 1 aromatic heterocycles. The summed E-state index contributed by atoms with van der Waals surface area (Å²) in [6.07, 6.45) is 4.72. The minimum absolute atomic E-state index is 1.02. The van der Waals surface area contributed by atoms with Gasteiger partial charge in [0.25, 0.3) is 0 Å². The molecular formula is C10H13N. The molecule has 1 nitrogen and oxygen atoms in total. The van der Waals surface area contributed by atoms with E-state index in [4.69, 9.17) is 0 Å². The summed E-state index contributed by atoms with van der Waals surface area (Å²) in [5.41, 5.74) is 1.23. The van der Waals surface area contributed by atoms with Crippen molar-refractivity contribution in [1.82, 2.24) is 4.98 Å². The molecule has 0 radical (unpaired) electrons. The number of allylic oxidation sites excluding steroid dienone is 1. The van der Waals surface area contributed by atoms with E-state index in [0.29, 0.717) is 0 Å². The molecule has 0 fully saturated rings. The second-order valence-corrected chi connectivity index (χ2v) is 2.49. The number of hydrogen-bond acceptors (Lipinski definition) is 0. The van der Waals surface area contributed by atoms with Crippen LogP contribution in [-0.4, -0.2) is 4.98 Å². The van der Waals surface area contributed by atoms with Crippen molar-refractivity contribution in [3.8, 4) is 0 Å². The Morgan fingerprint density at radius 3 is 2.82 bits per heavy atom. The van der Waals surface area contributed by atoms with Crippen molar-refractivity contribution in [1.29, 1.82) is 0 Å². The second-order valence-electron chi connectivity index (χ2n) is 2.49. The van der Waals surface area contributed by atoms with Crippen molar-refractivity contribution in [3.63, 3.8) is 0 Å². The molecule has 1 aromatic rings. The summed E-state index contributed by atoms with van der Waals surface area (Å²) in [5.74, 6) is 0. The van der Waals surface area contributed by atoms with Gasteiger partial charge in [-0.2, -0.15) is 0 Å². The smallest absolute Gasteiger partial charge is 0.0449 e. The van der Waals surface area contributed by atoms with Crippen molar-refractivity contribution < 1.29 is 0 Å². The molecule has 0 atom stereocenters. The normalized spacial score (nSPS) is 11.9. The van der Waals surface area contributed by atoms with Gasteiger partial charge < -0.3 is 4.98 Å². The Kier molecular flexibility index (Phi) is 2.32. The maximum absolute atomic E-state index is 3.90. The van der Waals surface area contributed by atoms with E-state index in [2.05, 4.69) is 31.1 Å². The summed E-state index contributed by atoms with van der Waals surface area (Å²) in [5, 5.41) is 2.11. The van der Waals surface area contributed by atoms with E-state index in [1.807, 2.05) is 6.08 Å². The monoisotopic (exact) mass is 147 g/mol. The average Bonchev–Trinajstić information content (AvgIpc) is 2.33. The molecule has 11 heavy (non-hydrogen) atoms. The van der Waals surface area contributed by atoms with Crippen molar-refractivity contribution in [3.05, 3.63) is 35.0 Å². The highest BCUT2D eigenvalue weighted by Crippen LogP contribution is 1.85. The molecule has 1 heterocycles. The molecule has 0 spiro atoms. The molecule has 1 N–H and O–H groups in total. The number of hydrogen-bond donors (Lipinski definition) is 1. The van der Waals surface area contributed by atoms with Crippen molar-refractivity contribution in [2.24, 2.45) is 0 Å². The molecule has 0 saturated carbocycles. The lowest BCUT2D eigenvalue weighted by Crippen LogP contribution is -2.19. The van der Waals surface area contributed by atoms with Gasteiger partial charge in [-0.15, -0.1) is 0 Å². The molecule has 0 aliphatic heterocycles. The standard InChI is InChI=1S/C10H13N/c1-4-6-10-8(3)7-9(5-2)11-10/h4,6-7,11H,1,3,5H2,2H3/b10-6+. The summed E-state index contributed by atoms with van der Waals surface area (Å²) < 4.78 is 0. The lowest BCUT2D eigenvalue weighted by molar-refractivity contribution is 1.05. The van der Waals surface area contributed by atoms with Crippen LogP contribution in [-0.2, 0) is 6.42 Å². The predicted molar refractivity (Wildman–Crippen MR) is 49.6 cm³/mol. The van der Waals surface area contributed by atoms with Crippen LogP contribution in [0.4, 0.5) is 0 Å². The molecule has 0 bridgehead atoms. The van der Waals surface area contributed by atoms with Crippen molar-refractivity contribution >= 4 is 12.7 Å². The van der Waals surface area contributed by atoms with Crippen LogP contribution in [0.25, 0.3) is 12.7 Å². The molecule has 0 aliphatic carbocycles. The molecule has 0 unspecified atom stereocenters. The quantitative estimate of drug-likeness (QED) is 0.641. The topological polar surface area (TPSA) is 15.8 Å². The third-order valence-corrected chi connectivity index (χ3v) is 1.66. The minimum atomic E-state index is 1.02. The fraction of sp³-hybridized carbons (Fsp3) is 0.200. The van der Waals surface area contributed by atoms with Crippen LogP contribution in [0.2, 0.25) is 0 Å². The Balaban J connectivity index is 3.28. The summed E-state index contributed by atoms with van der Waals surface area (Å²) in [6.45, 7) is 9.64. The number of nitrogens with one attached hydrogen (secondary N) is 1. The Labute approximate surface area is 66.8 Å². The lowest BCUT2D eigenvalue weighted by atomic mass is 10.3. The Hall–Kier alpha value is -1.24. The van der Waals surface area contributed by atoms with Gasteiger partial charge in [-0.25, -0.2) is 0 Å². The zero-order chi connectivity index (χ0) is 8.27. The van der Waals surface area contributed by atoms with Crippen LogP contribution < -0.4 is 10.6 Å². The molecule has 1 rings (SSSR count).